The second kappa shape index (κ2) is 7.94. The maximum Gasteiger partial charge on any atom is 0.433 e. The maximum absolute atomic E-state index is 13.6. The highest BCUT2D eigenvalue weighted by molar-refractivity contribution is 5.57. The Morgan fingerprint density at radius 2 is 1.73 bits per heavy atom. The Bertz CT molecular complexity index is 1050. The first-order chi connectivity index (χ1) is 14.3. The molecule has 2 unspecified atom stereocenters. The van der Waals surface area contributed by atoms with E-state index in [4.69, 9.17) is 4.74 Å². The van der Waals surface area contributed by atoms with Crippen LogP contribution in [0.15, 0.2) is 48.8 Å². The summed E-state index contributed by atoms with van der Waals surface area (Å²) in [6, 6.07) is 6.71. The van der Waals surface area contributed by atoms with Gasteiger partial charge in [-0.15, -0.1) is 0 Å². The minimum Gasteiger partial charge on any atom is -0.371 e. The lowest BCUT2D eigenvalue weighted by Crippen LogP contribution is -2.24. The molecule has 1 aliphatic heterocycles. The number of pyridine rings is 1. The number of benzene rings is 1. The van der Waals surface area contributed by atoms with E-state index < -0.39 is 35.7 Å². The summed E-state index contributed by atoms with van der Waals surface area (Å²) in [6.45, 7) is 0.301. The van der Waals surface area contributed by atoms with Gasteiger partial charge in [-0.25, -0.2) is 18.7 Å². The monoisotopic (exact) mass is 422 g/mol. The summed E-state index contributed by atoms with van der Waals surface area (Å²) >= 11 is 0. The maximum atomic E-state index is 13.6. The Morgan fingerprint density at radius 1 is 0.967 bits per heavy atom. The molecule has 156 valence electrons. The van der Waals surface area contributed by atoms with E-state index >= 15 is 0 Å². The fraction of sp³-hybridized carbons (Fsp3) is 0.250. The first-order valence-electron chi connectivity index (χ1n) is 9.01. The van der Waals surface area contributed by atoms with E-state index in [0.717, 1.165) is 18.2 Å². The van der Waals surface area contributed by atoms with E-state index in [-0.39, 0.29) is 11.6 Å². The molecule has 0 spiro atoms. The minimum atomic E-state index is -4.67. The molecule has 1 aromatic carbocycles. The molecule has 3 heterocycles. The third kappa shape index (κ3) is 4.23. The summed E-state index contributed by atoms with van der Waals surface area (Å²) in [5.74, 6) is -2.18. The lowest BCUT2D eigenvalue weighted by Gasteiger charge is -2.21. The molecule has 1 fully saturated rings. The third-order valence-electron chi connectivity index (χ3n) is 4.65. The van der Waals surface area contributed by atoms with Crippen LogP contribution in [0.2, 0.25) is 0 Å². The molecule has 3 aromatic rings. The average molecular weight is 422 g/mol. The molecule has 1 aliphatic rings. The molecule has 10 heteroatoms. The van der Waals surface area contributed by atoms with Crippen molar-refractivity contribution >= 4 is 5.82 Å². The second-order valence-electron chi connectivity index (χ2n) is 6.70. The second-order valence-corrected chi connectivity index (χ2v) is 6.70. The fourth-order valence-corrected chi connectivity index (χ4v) is 3.24. The molecule has 0 radical (unpaired) electrons. The number of alkyl halides is 3. The van der Waals surface area contributed by atoms with E-state index in [1.165, 1.54) is 30.6 Å². The summed E-state index contributed by atoms with van der Waals surface area (Å²) in [6.07, 6.45) is -2.05. The predicted octanol–water partition coefficient (Wildman–Crippen LogP) is 4.78. The summed E-state index contributed by atoms with van der Waals surface area (Å²) in [7, 11) is 0. The zero-order chi connectivity index (χ0) is 21.3. The summed E-state index contributed by atoms with van der Waals surface area (Å²) < 4.78 is 72.6. The number of hydrogen-bond donors (Lipinski definition) is 1. The van der Waals surface area contributed by atoms with Crippen molar-refractivity contribution < 1.29 is 26.7 Å². The van der Waals surface area contributed by atoms with Crippen molar-refractivity contribution in [2.45, 2.75) is 24.7 Å². The third-order valence-corrected chi connectivity index (χ3v) is 4.65. The van der Waals surface area contributed by atoms with E-state index in [1.807, 2.05) is 0 Å². The molecule has 0 bridgehead atoms. The van der Waals surface area contributed by atoms with Gasteiger partial charge in [0, 0.05) is 30.6 Å². The van der Waals surface area contributed by atoms with E-state index in [1.54, 1.807) is 0 Å². The molecule has 4 rings (SSSR count). The van der Waals surface area contributed by atoms with Gasteiger partial charge >= 0.3 is 6.18 Å². The first kappa shape index (κ1) is 20.1. The molecule has 30 heavy (non-hydrogen) atoms. The number of hydrogen-bond acceptors (Lipinski definition) is 5. The largest absolute Gasteiger partial charge is 0.433 e. The van der Waals surface area contributed by atoms with Crippen LogP contribution in [0.1, 0.15) is 23.8 Å². The van der Waals surface area contributed by atoms with Gasteiger partial charge in [0.1, 0.15) is 11.9 Å². The first-order valence-corrected chi connectivity index (χ1v) is 9.01. The number of aromatic nitrogens is 3. The molecule has 1 saturated heterocycles. The van der Waals surface area contributed by atoms with Crippen LogP contribution in [0.5, 0.6) is 0 Å². The number of nitrogens with one attached hydrogen (secondary N) is 1. The van der Waals surface area contributed by atoms with Crippen molar-refractivity contribution in [2.24, 2.45) is 0 Å². The highest BCUT2D eigenvalue weighted by Gasteiger charge is 2.35. The van der Waals surface area contributed by atoms with Crippen molar-refractivity contribution in [3.05, 3.63) is 71.7 Å². The van der Waals surface area contributed by atoms with Gasteiger partial charge in [-0.1, -0.05) is 6.07 Å². The van der Waals surface area contributed by atoms with Gasteiger partial charge in [-0.3, -0.25) is 4.98 Å². The van der Waals surface area contributed by atoms with Crippen LogP contribution in [0.3, 0.4) is 0 Å². The molecule has 0 saturated carbocycles. The van der Waals surface area contributed by atoms with Gasteiger partial charge in [0.15, 0.2) is 23.2 Å². The Labute approximate surface area is 168 Å². The van der Waals surface area contributed by atoms with Crippen LogP contribution in [0.4, 0.5) is 27.8 Å². The lowest BCUT2D eigenvalue weighted by atomic mass is 10.0. The van der Waals surface area contributed by atoms with E-state index in [0.29, 0.717) is 24.2 Å². The SMILES string of the molecule is Fc1ccc(C2OCCC2Nc2cc(C(F)(F)F)nc(-c3ccncc3)n2)cc1F. The van der Waals surface area contributed by atoms with Crippen molar-refractivity contribution in [2.75, 3.05) is 11.9 Å². The topological polar surface area (TPSA) is 59.9 Å². The normalized spacial score (nSPS) is 19.1. The standard InChI is InChI=1S/C20H15F5N4O/c21-13-2-1-12(9-14(13)22)18-15(5-8-30-18)27-17-10-16(20(23,24)25)28-19(29-17)11-3-6-26-7-4-11/h1-4,6-7,9-10,15,18H,5,8H2,(H,27,28,29). The Morgan fingerprint density at radius 3 is 2.43 bits per heavy atom. The Kier molecular flexibility index (Phi) is 5.33. The van der Waals surface area contributed by atoms with Crippen LogP contribution >= 0.6 is 0 Å². The lowest BCUT2D eigenvalue weighted by molar-refractivity contribution is -0.141. The highest BCUT2D eigenvalue weighted by Crippen LogP contribution is 2.34. The van der Waals surface area contributed by atoms with Crippen molar-refractivity contribution in [3.63, 3.8) is 0 Å². The molecular weight excluding hydrogens is 407 g/mol. The average Bonchev–Trinajstić information content (AvgIpc) is 3.18. The number of nitrogens with zero attached hydrogens (tertiary/aromatic N) is 3. The summed E-state index contributed by atoms with van der Waals surface area (Å²) in [5, 5.41) is 2.94. The van der Waals surface area contributed by atoms with Crippen molar-refractivity contribution in [1.82, 2.24) is 15.0 Å². The van der Waals surface area contributed by atoms with Crippen LogP contribution < -0.4 is 5.32 Å². The summed E-state index contributed by atoms with van der Waals surface area (Å²) in [5.41, 5.74) is -0.350. The smallest absolute Gasteiger partial charge is 0.371 e. The minimum absolute atomic E-state index is 0.0489. The number of anilines is 1. The van der Waals surface area contributed by atoms with Gasteiger partial charge in [0.25, 0.3) is 0 Å². The zero-order valence-electron chi connectivity index (χ0n) is 15.3. The molecular formula is C20H15F5N4O. The zero-order valence-corrected chi connectivity index (χ0v) is 15.3. The van der Waals surface area contributed by atoms with Crippen LogP contribution in [0, 0.1) is 11.6 Å². The van der Waals surface area contributed by atoms with Crippen LogP contribution in [0.25, 0.3) is 11.4 Å². The number of ether oxygens (including phenoxy) is 1. The van der Waals surface area contributed by atoms with Crippen molar-refractivity contribution in [1.29, 1.82) is 0 Å². The van der Waals surface area contributed by atoms with E-state index in [2.05, 4.69) is 20.3 Å². The van der Waals surface area contributed by atoms with E-state index in [9.17, 15) is 22.0 Å². The quantitative estimate of drug-likeness (QED) is 0.614. The predicted molar refractivity (Wildman–Crippen MR) is 97.3 cm³/mol. The van der Waals surface area contributed by atoms with Crippen LogP contribution in [-0.2, 0) is 10.9 Å². The Hall–Kier alpha value is -3.14. The fourth-order valence-electron chi connectivity index (χ4n) is 3.24. The van der Waals surface area contributed by atoms with Gasteiger partial charge < -0.3 is 10.1 Å². The van der Waals surface area contributed by atoms with Gasteiger partial charge in [-0.05, 0) is 36.2 Å². The van der Waals surface area contributed by atoms with Gasteiger partial charge in [-0.2, -0.15) is 13.2 Å². The molecule has 1 N–H and O–H groups in total. The molecule has 0 amide bonds. The number of halogens is 5. The number of rotatable bonds is 4. The molecule has 2 atom stereocenters. The molecule has 5 nitrogen and oxygen atoms in total. The van der Waals surface area contributed by atoms with Gasteiger partial charge in [0.2, 0.25) is 0 Å². The van der Waals surface area contributed by atoms with Crippen LogP contribution in [-0.4, -0.2) is 27.6 Å². The molecule has 0 aliphatic carbocycles. The Balaban J connectivity index is 1.66. The highest BCUT2D eigenvalue weighted by atomic mass is 19.4. The molecule has 2 aromatic heterocycles. The van der Waals surface area contributed by atoms with Gasteiger partial charge in [0.05, 0.1) is 6.04 Å². The van der Waals surface area contributed by atoms with Crippen molar-refractivity contribution in [3.8, 4) is 11.4 Å². The summed E-state index contributed by atoms with van der Waals surface area (Å²) in [4.78, 5) is 11.7.